The number of pyridine rings is 1. The second-order valence-corrected chi connectivity index (χ2v) is 8.23. The summed E-state index contributed by atoms with van der Waals surface area (Å²) in [4.78, 5) is 19.9. The van der Waals surface area contributed by atoms with Crippen molar-refractivity contribution < 1.29 is 19.0 Å². The Morgan fingerprint density at radius 1 is 1.30 bits per heavy atom. The smallest absolute Gasteiger partial charge is 0.254 e. The first-order valence-electron chi connectivity index (χ1n) is 10.2. The molecule has 30 heavy (non-hydrogen) atoms. The molecular weight excluding hydrogens is 387 g/mol. The molecule has 3 aromatic rings. The first-order valence-corrected chi connectivity index (χ1v) is 10.2. The SMILES string of the molecule is Cc1[nH]nc2nc(-c3ccc(O)c(F)c3)cc(C(=O)N3CCC4(CCCCO4)C3)c12. The number of carbonyl (C=O) groups is 1. The molecule has 1 unspecified atom stereocenters. The van der Waals surface area contributed by atoms with Crippen LogP contribution in [0, 0.1) is 12.7 Å². The molecule has 7 nitrogen and oxygen atoms in total. The number of hydrogen-bond acceptors (Lipinski definition) is 5. The fourth-order valence-electron chi connectivity index (χ4n) is 4.58. The Labute approximate surface area is 172 Å². The van der Waals surface area contributed by atoms with Gasteiger partial charge in [-0.1, -0.05) is 0 Å². The number of phenolic OH excluding ortho intramolecular Hbond substituents is 1. The van der Waals surface area contributed by atoms with E-state index in [0.717, 1.165) is 38.0 Å². The summed E-state index contributed by atoms with van der Waals surface area (Å²) in [6.07, 6.45) is 4.01. The van der Waals surface area contributed by atoms with E-state index >= 15 is 0 Å². The molecule has 2 fully saturated rings. The maximum Gasteiger partial charge on any atom is 0.254 e. The lowest BCUT2D eigenvalue weighted by Crippen LogP contribution is -2.40. The molecule has 2 aliphatic rings. The molecule has 0 aliphatic carbocycles. The molecule has 0 radical (unpaired) electrons. The molecular formula is C22H23FN4O3. The van der Waals surface area contributed by atoms with Gasteiger partial charge in [0.2, 0.25) is 0 Å². The summed E-state index contributed by atoms with van der Waals surface area (Å²) in [6, 6.07) is 5.74. The third kappa shape index (κ3) is 3.11. The van der Waals surface area contributed by atoms with Gasteiger partial charge in [-0.3, -0.25) is 9.89 Å². The summed E-state index contributed by atoms with van der Waals surface area (Å²) < 4.78 is 20.0. The van der Waals surface area contributed by atoms with Crippen molar-refractivity contribution in [2.24, 2.45) is 0 Å². The Balaban J connectivity index is 1.55. The van der Waals surface area contributed by atoms with E-state index in [4.69, 9.17) is 4.74 Å². The molecule has 1 spiro atoms. The van der Waals surface area contributed by atoms with Crippen molar-refractivity contribution in [2.75, 3.05) is 19.7 Å². The van der Waals surface area contributed by atoms with Gasteiger partial charge in [0.25, 0.3) is 5.91 Å². The number of phenols is 1. The number of aryl methyl sites for hydroxylation is 1. The van der Waals surface area contributed by atoms with E-state index in [1.54, 1.807) is 12.1 Å². The minimum atomic E-state index is -0.739. The van der Waals surface area contributed by atoms with E-state index in [-0.39, 0.29) is 11.5 Å². The maximum atomic E-state index is 13.9. The summed E-state index contributed by atoms with van der Waals surface area (Å²) >= 11 is 0. The van der Waals surface area contributed by atoms with Crippen molar-refractivity contribution in [1.82, 2.24) is 20.1 Å². The lowest BCUT2D eigenvalue weighted by atomic mass is 9.93. The highest BCUT2D eigenvalue weighted by molar-refractivity contribution is 6.07. The number of ether oxygens (including phenoxy) is 1. The van der Waals surface area contributed by atoms with E-state index in [1.165, 1.54) is 12.1 Å². The van der Waals surface area contributed by atoms with Gasteiger partial charge in [-0.15, -0.1) is 0 Å². The van der Waals surface area contributed by atoms with Crippen LogP contribution in [0.15, 0.2) is 24.3 Å². The zero-order valence-corrected chi connectivity index (χ0v) is 16.7. The van der Waals surface area contributed by atoms with Crippen molar-refractivity contribution in [2.45, 2.75) is 38.2 Å². The second kappa shape index (κ2) is 7.05. The molecule has 2 saturated heterocycles. The molecule has 8 heteroatoms. The zero-order valence-electron chi connectivity index (χ0n) is 16.7. The van der Waals surface area contributed by atoms with Gasteiger partial charge in [0.05, 0.1) is 28.8 Å². The molecule has 1 atom stereocenters. The summed E-state index contributed by atoms with van der Waals surface area (Å²) in [5.74, 6) is -1.27. The normalized spacial score (nSPS) is 21.6. The van der Waals surface area contributed by atoms with Crippen LogP contribution in [0.5, 0.6) is 5.75 Å². The number of benzene rings is 1. The first-order chi connectivity index (χ1) is 14.5. The van der Waals surface area contributed by atoms with E-state index in [0.29, 0.717) is 40.9 Å². The largest absolute Gasteiger partial charge is 0.505 e. The second-order valence-electron chi connectivity index (χ2n) is 8.23. The van der Waals surface area contributed by atoms with E-state index in [1.807, 2.05) is 11.8 Å². The predicted molar refractivity (Wildman–Crippen MR) is 109 cm³/mol. The van der Waals surface area contributed by atoms with Gasteiger partial charge in [-0.25, -0.2) is 9.37 Å². The summed E-state index contributed by atoms with van der Waals surface area (Å²) in [7, 11) is 0. The third-order valence-electron chi connectivity index (χ3n) is 6.22. The Hall–Kier alpha value is -3.00. The summed E-state index contributed by atoms with van der Waals surface area (Å²) in [6.45, 7) is 3.82. The monoisotopic (exact) mass is 410 g/mol. The molecule has 2 aliphatic heterocycles. The topological polar surface area (TPSA) is 91.3 Å². The Morgan fingerprint density at radius 2 is 2.17 bits per heavy atom. The van der Waals surface area contributed by atoms with Gasteiger partial charge in [-0.05, 0) is 56.9 Å². The standard InChI is InChI=1S/C22H23FN4O3/c1-13-19-15(21(29)27-8-7-22(12-27)6-2-3-9-30-22)11-17(24-20(19)26-25-13)14-4-5-18(28)16(23)10-14/h4-5,10-11,28H,2-3,6-9,12H2,1H3,(H,24,25,26). The number of aromatic amines is 1. The zero-order chi connectivity index (χ0) is 20.9. The third-order valence-corrected chi connectivity index (χ3v) is 6.22. The van der Waals surface area contributed by atoms with Gasteiger partial charge < -0.3 is 14.7 Å². The van der Waals surface area contributed by atoms with Crippen molar-refractivity contribution in [3.8, 4) is 17.0 Å². The molecule has 2 aromatic heterocycles. The molecule has 4 heterocycles. The number of likely N-dealkylation sites (tertiary alicyclic amines) is 1. The summed E-state index contributed by atoms with van der Waals surface area (Å²) in [5.41, 5.74) is 2.32. The van der Waals surface area contributed by atoms with Gasteiger partial charge in [0.1, 0.15) is 0 Å². The highest BCUT2D eigenvalue weighted by atomic mass is 19.1. The van der Waals surface area contributed by atoms with Gasteiger partial charge in [0.15, 0.2) is 17.2 Å². The molecule has 0 saturated carbocycles. The lowest BCUT2D eigenvalue weighted by Gasteiger charge is -2.33. The van der Waals surface area contributed by atoms with E-state index < -0.39 is 11.6 Å². The quantitative estimate of drug-likeness (QED) is 0.674. The molecule has 2 N–H and O–H groups in total. The Bertz CT molecular complexity index is 1140. The van der Waals surface area contributed by atoms with E-state index in [2.05, 4.69) is 15.2 Å². The number of aromatic nitrogens is 3. The van der Waals surface area contributed by atoms with Crippen molar-refractivity contribution in [1.29, 1.82) is 0 Å². The number of halogens is 1. The van der Waals surface area contributed by atoms with Crippen LogP contribution in [0.1, 0.15) is 41.7 Å². The number of amides is 1. The van der Waals surface area contributed by atoms with E-state index in [9.17, 15) is 14.3 Å². The van der Waals surface area contributed by atoms with Crippen molar-refractivity contribution in [3.63, 3.8) is 0 Å². The van der Waals surface area contributed by atoms with Gasteiger partial charge >= 0.3 is 0 Å². The number of nitrogens with zero attached hydrogens (tertiary/aromatic N) is 3. The highest BCUT2D eigenvalue weighted by Crippen LogP contribution is 2.36. The maximum absolute atomic E-state index is 13.9. The highest BCUT2D eigenvalue weighted by Gasteiger charge is 2.42. The average Bonchev–Trinajstić information content (AvgIpc) is 3.33. The first kappa shape index (κ1) is 19.0. The van der Waals surface area contributed by atoms with Gasteiger partial charge in [0, 0.05) is 24.4 Å². The van der Waals surface area contributed by atoms with Crippen LogP contribution < -0.4 is 0 Å². The van der Waals surface area contributed by atoms with Crippen molar-refractivity contribution in [3.05, 3.63) is 41.3 Å². The number of hydrogen-bond donors (Lipinski definition) is 2. The van der Waals surface area contributed by atoms with Crippen LogP contribution in [0.4, 0.5) is 4.39 Å². The molecule has 1 aromatic carbocycles. The molecule has 5 rings (SSSR count). The minimum absolute atomic E-state index is 0.0987. The number of fused-ring (bicyclic) bond motifs is 1. The summed E-state index contributed by atoms with van der Waals surface area (Å²) in [5, 5.41) is 17.3. The number of rotatable bonds is 2. The Kier molecular flexibility index (Phi) is 4.47. The number of aromatic hydroxyl groups is 1. The predicted octanol–water partition coefficient (Wildman–Crippen LogP) is 3.56. The van der Waals surface area contributed by atoms with Crippen LogP contribution in [0.3, 0.4) is 0 Å². The average molecular weight is 410 g/mol. The number of H-pyrrole nitrogens is 1. The number of nitrogens with one attached hydrogen (secondary N) is 1. The van der Waals surface area contributed by atoms with Crippen LogP contribution in [0.25, 0.3) is 22.3 Å². The molecule has 1 amide bonds. The molecule has 156 valence electrons. The van der Waals surface area contributed by atoms with Crippen LogP contribution in [-0.2, 0) is 4.74 Å². The van der Waals surface area contributed by atoms with Crippen LogP contribution in [0.2, 0.25) is 0 Å². The molecule has 0 bridgehead atoms. The van der Waals surface area contributed by atoms with Crippen LogP contribution in [-0.4, -0.2) is 56.4 Å². The number of carbonyl (C=O) groups excluding carboxylic acids is 1. The van der Waals surface area contributed by atoms with Gasteiger partial charge in [-0.2, -0.15) is 5.10 Å². The fourth-order valence-corrected chi connectivity index (χ4v) is 4.58. The lowest BCUT2D eigenvalue weighted by molar-refractivity contribution is -0.0682. The van der Waals surface area contributed by atoms with Crippen LogP contribution >= 0.6 is 0 Å². The van der Waals surface area contributed by atoms with Crippen molar-refractivity contribution >= 4 is 16.9 Å². The fraction of sp³-hybridized carbons (Fsp3) is 0.409. The minimum Gasteiger partial charge on any atom is -0.505 e. The Morgan fingerprint density at radius 3 is 2.93 bits per heavy atom.